The molecule has 0 saturated carbocycles. The fraction of sp³-hybridized carbons (Fsp3) is 0.200. The van der Waals surface area contributed by atoms with Crippen LogP contribution in [0.5, 0.6) is 0 Å². The summed E-state index contributed by atoms with van der Waals surface area (Å²) in [6.45, 7) is 4.75. The van der Waals surface area contributed by atoms with Gasteiger partial charge in [0.15, 0.2) is 0 Å². The summed E-state index contributed by atoms with van der Waals surface area (Å²) in [6, 6.07) is 11.1. The highest BCUT2D eigenvalue weighted by molar-refractivity contribution is 9.10. The van der Waals surface area contributed by atoms with Crippen LogP contribution in [0, 0.1) is 6.92 Å². The van der Waals surface area contributed by atoms with Crippen LogP contribution in [0.1, 0.15) is 23.0 Å². The molecule has 0 atom stereocenters. The predicted molar refractivity (Wildman–Crippen MR) is 85.2 cm³/mol. The number of carbonyl (C=O) groups excluding carboxylic acids is 1. The number of hydrogen-bond donors (Lipinski definition) is 2. The van der Waals surface area contributed by atoms with E-state index >= 15 is 0 Å². The van der Waals surface area contributed by atoms with Gasteiger partial charge in [-0.3, -0.25) is 4.79 Å². The molecule has 0 fully saturated rings. The van der Waals surface area contributed by atoms with Gasteiger partial charge in [0, 0.05) is 11.0 Å². The SMILES string of the molecule is CCNc1cccc(C(=O)Nc2ccc(C)cc2Br)n1. The summed E-state index contributed by atoms with van der Waals surface area (Å²) in [6.07, 6.45) is 0. The van der Waals surface area contributed by atoms with Gasteiger partial charge in [0.25, 0.3) is 5.91 Å². The number of halogens is 1. The van der Waals surface area contributed by atoms with Crippen molar-refractivity contribution in [1.29, 1.82) is 0 Å². The maximum absolute atomic E-state index is 12.2. The van der Waals surface area contributed by atoms with Crippen LogP contribution in [0.4, 0.5) is 11.5 Å². The molecule has 0 unspecified atom stereocenters. The molecule has 0 saturated heterocycles. The minimum absolute atomic E-state index is 0.227. The van der Waals surface area contributed by atoms with Gasteiger partial charge in [-0.2, -0.15) is 0 Å². The van der Waals surface area contributed by atoms with Gasteiger partial charge in [0.1, 0.15) is 11.5 Å². The summed E-state index contributed by atoms with van der Waals surface area (Å²) in [7, 11) is 0. The molecule has 0 radical (unpaired) electrons. The van der Waals surface area contributed by atoms with E-state index in [4.69, 9.17) is 0 Å². The Labute approximate surface area is 126 Å². The molecule has 0 bridgehead atoms. The molecule has 0 aliphatic carbocycles. The number of hydrogen-bond acceptors (Lipinski definition) is 3. The van der Waals surface area contributed by atoms with Crippen molar-refractivity contribution in [2.75, 3.05) is 17.2 Å². The smallest absolute Gasteiger partial charge is 0.274 e. The molecule has 2 N–H and O–H groups in total. The molecule has 2 aromatic rings. The standard InChI is InChI=1S/C15H16BrN3O/c1-3-17-14-6-4-5-13(18-14)15(20)19-12-8-7-10(2)9-11(12)16/h4-9H,3H2,1-2H3,(H,17,18)(H,19,20). The van der Waals surface area contributed by atoms with E-state index in [1.165, 1.54) is 0 Å². The van der Waals surface area contributed by atoms with Gasteiger partial charge in [0.2, 0.25) is 0 Å². The molecule has 2 rings (SSSR count). The number of aromatic nitrogens is 1. The molecular formula is C15H16BrN3O. The van der Waals surface area contributed by atoms with Gasteiger partial charge in [-0.05, 0) is 59.6 Å². The first-order valence-electron chi connectivity index (χ1n) is 6.38. The highest BCUT2D eigenvalue weighted by atomic mass is 79.9. The zero-order valence-electron chi connectivity index (χ0n) is 11.4. The van der Waals surface area contributed by atoms with Crippen LogP contribution < -0.4 is 10.6 Å². The minimum atomic E-state index is -0.227. The average Bonchev–Trinajstić information content (AvgIpc) is 2.42. The first-order chi connectivity index (χ1) is 9.60. The van der Waals surface area contributed by atoms with Crippen LogP contribution in [0.3, 0.4) is 0 Å². The van der Waals surface area contributed by atoms with E-state index in [-0.39, 0.29) is 5.91 Å². The first-order valence-corrected chi connectivity index (χ1v) is 7.18. The second-order valence-electron chi connectivity index (χ2n) is 4.38. The van der Waals surface area contributed by atoms with Gasteiger partial charge in [-0.15, -0.1) is 0 Å². The van der Waals surface area contributed by atoms with Crippen molar-refractivity contribution in [3.63, 3.8) is 0 Å². The van der Waals surface area contributed by atoms with Crippen molar-refractivity contribution >= 4 is 33.3 Å². The quantitative estimate of drug-likeness (QED) is 0.893. The van der Waals surface area contributed by atoms with Crippen molar-refractivity contribution in [3.05, 3.63) is 52.1 Å². The van der Waals surface area contributed by atoms with Crippen molar-refractivity contribution < 1.29 is 4.79 Å². The van der Waals surface area contributed by atoms with Gasteiger partial charge >= 0.3 is 0 Å². The number of aryl methyl sites for hydroxylation is 1. The summed E-state index contributed by atoms with van der Waals surface area (Å²) < 4.78 is 0.855. The maximum atomic E-state index is 12.2. The Morgan fingerprint density at radius 2 is 2.10 bits per heavy atom. The van der Waals surface area contributed by atoms with E-state index in [1.54, 1.807) is 6.07 Å². The largest absolute Gasteiger partial charge is 0.370 e. The fourth-order valence-corrected chi connectivity index (χ4v) is 2.34. The van der Waals surface area contributed by atoms with Crippen LogP contribution in [0.25, 0.3) is 0 Å². The van der Waals surface area contributed by atoms with Gasteiger partial charge in [-0.25, -0.2) is 4.98 Å². The summed E-state index contributed by atoms with van der Waals surface area (Å²) >= 11 is 3.44. The third kappa shape index (κ3) is 3.57. The molecule has 1 aromatic heterocycles. The van der Waals surface area contributed by atoms with Crippen molar-refractivity contribution in [1.82, 2.24) is 4.98 Å². The number of carbonyl (C=O) groups is 1. The lowest BCUT2D eigenvalue weighted by Gasteiger charge is -2.09. The predicted octanol–water partition coefficient (Wildman–Crippen LogP) is 3.84. The lowest BCUT2D eigenvalue weighted by atomic mass is 10.2. The fourth-order valence-electron chi connectivity index (χ4n) is 1.75. The Bertz CT molecular complexity index is 628. The zero-order chi connectivity index (χ0) is 14.5. The summed E-state index contributed by atoms with van der Waals surface area (Å²) in [5, 5.41) is 5.93. The lowest BCUT2D eigenvalue weighted by Crippen LogP contribution is -2.15. The van der Waals surface area contributed by atoms with Crippen LogP contribution >= 0.6 is 15.9 Å². The average molecular weight is 334 g/mol. The molecule has 4 nitrogen and oxygen atoms in total. The van der Waals surface area contributed by atoms with Crippen LogP contribution in [-0.2, 0) is 0 Å². The monoisotopic (exact) mass is 333 g/mol. The molecule has 5 heteroatoms. The summed E-state index contributed by atoms with van der Waals surface area (Å²) in [4.78, 5) is 16.5. The lowest BCUT2D eigenvalue weighted by molar-refractivity contribution is 0.102. The highest BCUT2D eigenvalue weighted by Gasteiger charge is 2.10. The van der Waals surface area contributed by atoms with E-state index in [9.17, 15) is 4.79 Å². The Morgan fingerprint density at radius 3 is 2.80 bits per heavy atom. The molecule has 1 heterocycles. The Kier molecular flexibility index (Phi) is 4.74. The molecule has 1 amide bonds. The highest BCUT2D eigenvalue weighted by Crippen LogP contribution is 2.23. The summed E-state index contributed by atoms with van der Waals surface area (Å²) in [5.41, 5.74) is 2.24. The summed E-state index contributed by atoms with van der Waals surface area (Å²) in [5.74, 6) is 0.470. The number of benzene rings is 1. The zero-order valence-corrected chi connectivity index (χ0v) is 13.0. The Hall–Kier alpha value is -1.88. The topological polar surface area (TPSA) is 54.0 Å². The number of nitrogens with zero attached hydrogens (tertiary/aromatic N) is 1. The van der Waals surface area contributed by atoms with Crippen molar-refractivity contribution in [2.45, 2.75) is 13.8 Å². The van der Waals surface area contributed by atoms with Gasteiger partial charge in [-0.1, -0.05) is 12.1 Å². The van der Waals surface area contributed by atoms with Crippen molar-refractivity contribution in [3.8, 4) is 0 Å². The molecular weight excluding hydrogens is 318 g/mol. The molecule has 104 valence electrons. The van der Waals surface area contributed by atoms with E-state index in [2.05, 4.69) is 31.5 Å². The number of amides is 1. The van der Waals surface area contributed by atoms with Crippen LogP contribution in [0.15, 0.2) is 40.9 Å². The number of rotatable bonds is 4. The third-order valence-electron chi connectivity index (χ3n) is 2.71. The van der Waals surface area contributed by atoms with E-state index < -0.39 is 0 Å². The Morgan fingerprint density at radius 1 is 1.30 bits per heavy atom. The normalized spacial score (nSPS) is 10.2. The van der Waals surface area contributed by atoms with E-state index in [1.807, 2.05) is 44.2 Å². The second kappa shape index (κ2) is 6.52. The molecule has 0 aliphatic rings. The number of anilines is 2. The molecule has 20 heavy (non-hydrogen) atoms. The molecule has 0 spiro atoms. The number of pyridine rings is 1. The Balaban J connectivity index is 2.17. The van der Waals surface area contributed by atoms with E-state index in [0.717, 1.165) is 22.3 Å². The van der Waals surface area contributed by atoms with Crippen LogP contribution in [0.2, 0.25) is 0 Å². The van der Waals surface area contributed by atoms with Crippen LogP contribution in [-0.4, -0.2) is 17.4 Å². The minimum Gasteiger partial charge on any atom is -0.370 e. The molecule has 1 aromatic carbocycles. The van der Waals surface area contributed by atoms with Crippen molar-refractivity contribution in [2.24, 2.45) is 0 Å². The first kappa shape index (κ1) is 14.5. The molecule has 0 aliphatic heterocycles. The third-order valence-corrected chi connectivity index (χ3v) is 3.37. The van der Waals surface area contributed by atoms with Gasteiger partial charge < -0.3 is 10.6 Å². The second-order valence-corrected chi connectivity index (χ2v) is 5.23. The maximum Gasteiger partial charge on any atom is 0.274 e. The number of nitrogens with one attached hydrogen (secondary N) is 2. The van der Waals surface area contributed by atoms with Gasteiger partial charge in [0.05, 0.1) is 5.69 Å². The van der Waals surface area contributed by atoms with E-state index in [0.29, 0.717) is 11.5 Å².